The fraction of sp³-hybridized carbons (Fsp3) is 0.533. The number of likely N-dealkylation sites (N-methyl/N-ethyl adjacent to an activating group) is 1. The van der Waals surface area contributed by atoms with Crippen molar-refractivity contribution in [3.8, 4) is 0 Å². The number of aryl methyl sites for hydroxylation is 1. The molecule has 1 atom stereocenters. The van der Waals surface area contributed by atoms with Crippen LogP contribution in [0, 0.1) is 6.92 Å². The summed E-state index contributed by atoms with van der Waals surface area (Å²) in [6.07, 6.45) is 2.45. The van der Waals surface area contributed by atoms with Crippen molar-refractivity contribution >= 4 is 23.2 Å². The fourth-order valence-corrected chi connectivity index (χ4v) is 2.68. The number of likely N-dealkylation sites (tertiary alicyclic amines) is 1. The molecule has 1 amide bonds. The van der Waals surface area contributed by atoms with Crippen molar-refractivity contribution in [1.82, 2.24) is 10.2 Å². The van der Waals surface area contributed by atoms with E-state index in [1.165, 1.54) is 12.8 Å². The Morgan fingerprint density at radius 1 is 1.50 bits per heavy atom. The van der Waals surface area contributed by atoms with Crippen molar-refractivity contribution in [2.45, 2.75) is 25.8 Å². The summed E-state index contributed by atoms with van der Waals surface area (Å²) in [4.78, 5) is 14.2. The van der Waals surface area contributed by atoms with Gasteiger partial charge >= 0.3 is 0 Å². The van der Waals surface area contributed by atoms with Gasteiger partial charge in [0.05, 0.1) is 6.54 Å². The quantitative estimate of drug-likeness (QED) is 0.876. The molecule has 1 saturated heterocycles. The zero-order chi connectivity index (χ0) is 14.5. The van der Waals surface area contributed by atoms with Crippen LogP contribution in [0.15, 0.2) is 18.2 Å². The van der Waals surface area contributed by atoms with Gasteiger partial charge in [-0.2, -0.15) is 0 Å². The molecule has 0 bridgehead atoms. The van der Waals surface area contributed by atoms with Gasteiger partial charge in [-0.3, -0.25) is 4.79 Å². The fourth-order valence-electron chi connectivity index (χ4n) is 2.51. The first-order valence-corrected chi connectivity index (χ1v) is 7.41. The van der Waals surface area contributed by atoms with Crippen molar-refractivity contribution < 1.29 is 4.79 Å². The smallest absolute Gasteiger partial charge is 0.238 e. The van der Waals surface area contributed by atoms with Crippen LogP contribution in [-0.4, -0.2) is 43.5 Å². The molecule has 2 rings (SSSR count). The number of nitrogens with zero attached hydrogens (tertiary/aromatic N) is 1. The molecule has 0 radical (unpaired) electrons. The maximum absolute atomic E-state index is 11.9. The van der Waals surface area contributed by atoms with E-state index in [2.05, 4.69) is 22.6 Å². The van der Waals surface area contributed by atoms with Crippen LogP contribution in [0.1, 0.15) is 18.4 Å². The Kier molecular flexibility index (Phi) is 5.40. The molecule has 2 N–H and O–H groups in total. The van der Waals surface area contributed by atoms with E-state index in [1.54, 1.807) is 6.07 Å². The van der Waals surface area contributed by atoms with Crippen molar-refractivity contribution in [3.63, 3.8) is 0 Å². The van der Waals surface area contributed by atoms with E-state index < -0.39 is 0 Å². The number of hydrogen-bond donors (Lipinski definition) is 2. The summed E-state index contributed by atoms with van der Waals surface area (Å²) in [6.45, 7) is 4.29. The van der Waals surface area contributed by atoms with Gasteiger partial charge in [-0.15, -0.1) is 0 Å². The highest BCUT2D eigenvalue weighted by Crippen LogP contribution is 2.20. The summed E-state index contributed by atoms with van der Waals surface area (Å²) in [5.41, 5.74) is 1.79. The Morgan fingerprint density at radius 2 is 2.30 bits per heavy atom. The van der Waals surface area contributed by atoms with Crippen molar-refractivity contribution in [2.75, 3.05) is 32.0 Å². The van der Waals surface area contributed by atoms with Crippen molar-refractivity contribution in [2.24, 2.45) is 0 Å². The van der Waals surface area contributed by atoms with Gasteiger partial charge in [-0.25, -0.2) is 0 Å². The second-order valence-corrected chi connectivity index (χ2v) is 5.85. The number of carbonyl (C=O) groups is 1. The number of hydrogen-bond acceptors (Lipinski definition) is 3. The predicted octanol–water partition coefficient (Wildman–Crippen LogP) is 2.27. The van der Waals surface area contributed by atoms with E-state index in [4.69, 9.17) is 11.6 Å². The Hall–Kier alpha value is -1.10. The van der Waals surface area contributed by atoms with Crippen LogP contribution < -0.4 is 10.6 Å². The van der Waals surface area contributed by atoms with Crippen LogP contribution in [0.5, 0.6) is 0 Å². The molecule has 0 aliphatic carbocycles. The van der Waals surface area contributed by atoms with E-state index in [0.717, 1.165) is 24.3 Å². The van der Waals surface area contributed by atoms with Gasteiger partial charge in [0.15, 0.2) is 0 Å². The number of anilines is 1. The van der Waals surface area contributed by atoms with Crippen molar-refractivity contribution in [3.05, 3.63) is 28.8 Å². The molecule has 4 nitrogen and oxygen atoms in total. The van der Waals surface area contributed by atoms with Crippen LogP contribution in [0.4, 0.5) is 5.69 Å². The summed E-state index contributed by atoms with van der Waals surface area (Å²) in [5.74, 6) is -0.0315. The molecule has 20 heavy (non-hydrogen) atoms. The summed E-state index contributed by atoms with van der Waals surface area (Å²) >= 11 is 5.93. The summed E-state index contributed by atoms with van der Waals surface area (Å²) in [5, 5.41) is 6.74. The molecule has 1 aromatic carbocycles. The molecule has 1 unspecified atom stereocenters. The average Bonchev–Trinajstić information content (AvgIpc) is 2.80. The second kappa shape index (κ2) is 7.07. The summed E-state index contributed by atoms with van der Waals surface area (Å²) in [6, 6.07) is 6.05. The highest BCUT2D eigenvalue weighted by molar-refractivity contribution is 6.31. The van der Waals surface area contributed by atoms with E-state index >= 15 is 0 Å². The number of amides is 1. The Bertz CT molecular complexity index is 478. The minimum atomic E-state index is -0.0315. The topological polar surface area (TPSA) is 44.4 Å². The third kappa shape index (κ3) is 4.20. The Balaban J connectivity index is 1.76. The third-order valence-corrected chi connectivity index (χ3v) is 4.05. The lowest BCUT2D eigenvalue weighted by atomic mass is 10.2. The monoisotopic (exact) mass is 295 g/mol. The molecule has 1 aliphatic rings. The number of halogens is 1. The van der Waals surface area contributed by atoms with Gasteiger partial charge in [0.2, 0.25) is 5.91 Å². The Labute approximate surface area is 125 Å². The number of rotatable bonds is 5. The SMILES string of the molecule is Cc1ccc(Cl)cc1NC(=O)CNCC1CCCN1C. The molecule has 110 valence electrons. The first-order chi connectivity index (χ1) is 9.56. The highest BCUT2D eigenvalue weighted by Gasteiger charge is 2.20. The molecule has 1 aliphatic heterocycles. The lowest BCUT2D eigenvalue weighted by Gasteiger charge is -2.19. The average molecular weight is 296 g/mol. The van der Waals surface area contributed by atoms with Gasteiger partial charge in [-0.1, -0.05) is 17.7 Å². The van der Waals surface area contributed by atoms with E-state index in [1.807, 2.05) is 19.1 Å². The molecule has 1 heterocycles. The first kappa shape index (κ1) is 15.3. The van der Waals surface area contributed by atoms with Gasteiger partial charge in [-0.05, 0) is 51.1 Å². The third-order valence-electron chi connectivity index (χ3n) is 3.81. The molecule has 1 aromatic rings. The minimum absolute atomic E-state index is 0.0315. The molecule has 5 heteroatoms. The van der Waals surface area contributed by atoms with Gasteiger partial charge in [0.1, 0.15) is 0 Å². The standard InChI is InChI=1S/C15H22ClN3O/c1-11-5-6-12(16)8-14(11)18-15(20)10-17-9-13-4-3-7-19(13)2/h5-6,8,13,17H,3-4,7,9-10H2,1-2H3,(H,18,20). The summed E-state index contributed by atoms with van der Waals surface area (Å²) < 4.78 is 0. The lowest BCUT2D eigenvalue weighted by molar-refractivity contribution is -0.115. The van der Waals surface area contributed by atoms with Crippen LogP contribution in [0.3, 0.4) is 0 Å². The Morgan fingerprint density at radius 3 is 3.00 bits per heavy atom. The minimum Gasteiger partial charge on any atom is -0.325 e. The maximum atomic E-state index is 11.9. The lowest BCUT2D eigenvalue weighted by Crippen LogP contribution is -2.38. The van der Waals surface area contributed by atoms with Crippen LogP contribution in [0.2, 0.25) is 5.02 Å². The molecular weight excluding hydrogens is 274 g/mol. The second-order valence-electron chi connectivity index (χ2n) is 5.41. The van der Waals surface area contributed by atoms with Crippen LogP contribution in [0.25, 0.3) is 0 Å². The largest absolute Gasteiger partial charge is 0.325 e. The van der Waals surface area contributed by atoms with E-state index in [9.17, 15) is 4.79 Å². The maximum Gasteiger partial charge on any atom is 0.238 e. The molecule has 1 fully saturated rings. The zero-order valence-corrected chi connectivity index (χ0v) is 12.8. The number of nitrogens with one attached hydrogen (secondary N) is 2. The predicted molar refractivity (Wildman–Crippen MR) is 83.3 cm³/mol. The van der Waals surface area contributed by atoms with Crippen LogP contribution >= 0.6 is 11.6 Å². The first-order valence-electron chi connectivity index (χ1n) is 7.03. The van der Waals surface area contributed by atoms with Gasteiger partial charge in [0.25, 0.3) is 0 Å². The molecular formula is C15H22ClN3O. The molecule has 0 aromatic heterocycles. The van der Waals surface area contributed by atoms with Crippen LogP contribution in [-0.2, 0) is 4.79 Å². The summed E-state index contributed by atoms with van der Waals surface area (Å²) in [7, 11) is 2.13. The van der Waals surface area contributed by atoms with E-state index in [0.29, 0.717) is 17.6 Å². The van der Waals surface area contributed by atoms with E-state index in [-0.39, 0.29) is 5.91 Å². The highest BCUT2D eigenvalue weighted by atomic mass is 35.5. The zero-order valence-electron chi connectivity index (χ0n) is 12.1. The molecule has 0 spiro atoms. The van der Waals surface area contributed by atoms with Crippen molar-refractivity contribution in [1.29, 1.82) is 0 Å². The van der Waals surface area contributed by atoms with Gasteiger partial charge < -0.3 is 15.5 Å². The normalized spacial score (nSPS) is 19.2. The number of benzene rings is 1. The van der Waals surface area contributed by atoms with Gasteiger partial charge in [0, 0.05) is 23.3 Å². The number of carbonyl (C=O) groups excluding carboxylic acids is 1. The molecule has 0 saturated carbocycles.